The zero-order valence-corrected chi connectivity index (χ0v) is 36.2. The van der Waals surface area contributed by atoms with Crippen molar-refractivity contribution in [3.63, 3.8) is 0 Å². The molecule has 13 heteroatoms. The number of Topliss-reactive ketones (excluding diaryl/α,β-unsaturated/α-hetero) is 3. The monoisotopic (exact) mass is 833 g/mol. The van der Waals surface area contributed by atoms with E-state index in [1.54, 1.807) is 12.1 Å². The summed E-state index contributed by atoms with van der Waals surface area (Å²) in [5.74, 6) is -3.71. The quantitative estimate of drug-likeness (QED) is 0.0269. The zero-order chi connectivity index (χ0) is 44.0. The molecule has 0 unspecified atom stereocenters. The van der Waals surface area contributed by atoms with Crippen molar-refractivity contribution in [2.45, 2.75) is 148 Å². The second-order valence-corrected chi connectivity index (χ2v) is 16.0. The number of carbonyl (C=O) groups excluding carboxylic acids is 6. The van der Waals surface area contributed by atoms with Crippen molar-refractivity contribution in [2.75, 3.05) is 19.6 Å². The van der Waals surface area contributed by atoms with Crippen molar-refractivity contribution in [3.05, 3.63) is 65.7 Å². The third-order valence-electron chi connectivity index (χ3n) is 10.7. The molecule has 0 spiro atoms. The van der Waals surface area contributed by atoms with Gasteiger partial charge in [-0.2, -0.15) is 0 Å². The van der Waals surface area contributed by atoms with E-state index >= 15 is 0 Å². The molecule has 8 N–H and O–H groups in total. The number of guanidine groups is 1. The third kappa shape index (κ3) is 24.1. The number of aliphatic imine (C=N–C) groups is 1. The van der Waals surface area contributed by atoms with Crippen molar-refractivity contribution in [1.29, 1.82) is 0 Å². The van der Waals surface area contributed by atoms with Gasteiger partial charge < -0.3 is 32.5 Å². The molecule has 60 heavy (non-hydrogen) atoms. The van der Waals surface area contributed by atoms with Crippen LogP contribution in [-0.4, -0.2) is 71.8 Å². The Bertz CT molecular complexity index is 1610. The van der Waals surface area contributed by atoms with Crippen LogP contribution in [0.15, 0.2) is 59.6 Å². The fourth-order valence-corrected chi connectivity index (χ4v) is 7.12. The van der Waals surface area contributed by atoms with Gasteiger partial charge in [0.1, 0.15) is 11.5 Å². The van der Waals surface area contributed by atoms with Gasteiger partial charge in [-0.05, 0) is 62.3 Å². The largest absolute Gasteiger partial charge is 0.508 e. The molecule has 0 saturated carbocycles. The van der Waals surface area contributed by atoms with Gasteiger partial charge in [0.25, 0.3) is 0 Å². The van der Waals surface area contributed by atoms with E-state index < -0.39 is 35.5 Å². The minimum Gasteiger partial charge on any atom is -0.508 e. The van der Waals surface area contributed by atoms with Crippen LogP contribution in [0.5, 0.6) is 5.75 Å². The molecule has 2 aromatic rings. The zero-order valence-electron chi connectivity index (χ0n) is 36.2. The van der Waals surface area contributed by atoms with Gasteiger partial charge in [0.15, 0.2) is 17.5 Å². The number of phenols is 1. The highest BCUT2D eigenvalue weighted by atomic mass is 16.3. The molecule has 0 radical (unpaired) electrons. The number of hydrogen-bond acceptors (Lipinski definition) is 8. The molecule has 2 aromatic carbocycles. The summed E-state index contributed by atoms with van der Waals surface area (Å²) >= 11 is 0. The van der Waals surface area contributed by atoms with Gasteiger partial charge in [0.2, 0.25) is 17.7 Å². The summed E-state index contributed by atoms with van der Waals surface area (Å²) in [5, 5.41) is 17.9. The molecule has 13 nitrogen and oxygen atoms in total. The second kappa shape index (κ2) is 30.9. The lowest BCUT2D eigenvalue weighted by Gasteiger charge is -2.24. The minimum atomic E-state index is -0.986. The van der Waals surface area contributed by atoms with Crippen LogP contribution in [0.2, 0.25) is 0 Å². The first-order valence-corrected chi connectivity index (χ1v) is 22.1. The number of rotatable bonds is 34. The second-order valence-electron chi connectivity index (χ2n) is 16.0. The number of carbonyl (C=O) groups is 6. The van der Waals surface area contributed by atoms with Gasteiger partial charge >= 0.3 is 0 Å². The van der Waals surface area contributed by atoms with Crippen LogP contribution in [0.25, 0.3) is 0 Å². The number of nitrogens with one attached hydrogen (secondary N) is 3. The van der Waals surface area contributed by atoms with E-state index in [4.69, 9.17) is 11.5 Å². The Hall–Kier alpha value is -5.07. The fraction of sp³-hybridized carbons (Fsp3) is 0.596. The Kier molecular flexibility index (Phi) is 26.3. The molecule has 0 aliphatic carbocycles. The van der Waals surface area contributed by atoms with Crippen LogP contribution in [0.1, 0.15) is 141 Å². The lowest BCUT2D eigenvalue weighted by atomic mass is 9.88. The van der Waals surface area contributed by atoms with Crippen LogP contribution in [0.4, 0.5) is 0 Å². The molecule has 0 bridgehead atoms. The number of nitrogens with two attached hydrogens (primary N) is 2. The van der Waals surface area contributed by atoms with Crippen molar-refractivity contribution in [2.24, 2.45) is 28.3 Å². The van der Waals surface area contributed by atoms with Crippen molar-refractivity contribution in [3.8, 4) is 5.75 Å². The summed E-state index contributed by atoms with van der Waals surface area (Å²) < 4.78 is 0. The van der Waals surface area contributed by atoms with Gasteiger partial charge in [-0.25, -0.2) is 0 Å². The van der Waals surface area contributed by atoms with E-state index in [2.05, 4.69) is 27.9 Å². The molecule has 2 rings (SSSR count). The summed E-state index contributed by atoms with van der Waals surface area (Å²) in [5.41, 5.74) is 12.3. The highest BCUT2D eigenvalue weighted by Crippen LogP contribution is 2.20. The van der Waals surface area contributed by atoms with Gasteiger partial charge in [0.05, 0.1) is 19.1 Å². The molecule has 0 saturated heterocycles. The van der Waals surface area contributed by atoms with E-state index in [1.807, 2.05) is 30.3 Å². The fourth-order valence-electron chi connectivity index (χ4n) is 7.12. The average Bonchev–Trinajstić information content (AvgIpc) is 3.22. The van der Waals surface area contributed by atoms with E-state index in [0.717, 1.165) is 24.8 Å². The van der Waals surface area contributed by atoms with Crippen molar-refractivity contribution < 1.29 is 33.9 Å². The number of phenolic OH excluding ortho intramolecular Hbond substituents is 1. The summed E-state index contributed by atoms with van der Waals surface area (Å²) in [4.78, 5) is 82.5. The lowest BCUT2D eigenvalue weighted by Crippen LogP contribution is -2.47. The molecule has 0 aliphatic rings. The maximum absolute atomic E-state index is 14.0. The van der Waals surface area contributed by atoms with Crippen molar-refractivity contribution >= 4 is 41.0 Å². The minimum absolute atomic E-state index is 0.0434. The first kappa shape index (κ1) is 51.1. The van der Waals surface area contributed by atoms with E-state index in [9.17, 15) is 33.9 Å². The average molecular weight is 833 g/mol. The Morgan fingerprint density at radius 3 is 1.80 bits per heavy atom. The third-order valence-corrected chi connectivity index (χ3v) is 10.7. The molecule has 0 aliphatic heterocycles. The molecule has 0 aromatic heterocycles. The number of unbranched alkanes of at least 4 members (excludes halogenated alkanes) is 12. The number of benzene rings is 2. The molecule has 0 heterocycles. The van der Waals surface area contributed by atoms with Crippen LogP contribution in [-0.2, 0) is 41.6 Å². The highest BCUT2D eigenvalue weighted by molar-refractivity contribution is 5.95. The first-order chi connectivity index (χ1) is 28.9. The summed E-state index contributed by atoms with van der Waals surface area (Å²) in [7, 11) is 0. The van der Waals surface area contributed by atoms with E-state index in [1.165, 1.54) is 83.3 Å². The molecule has 332 valence electrons. The van der Waals surface area contributed by atoms with E-state index in [-0.39, 0.29) is 68.0 Å². The molecule has 0 fully saturated rings. The Balaban J connectivity index is 1.92. The summed E-state index contributed by atoms with van der Waals surface area (Å²) in [6, 6.07) is 14.4. The van der Waals surface area contributed by atoms with Gasteiger partial charge in [0, 0.05) is 37.6 Å². The summed E-state index contributed by atoms with van der Waals surface area (Å²) in [6.07, 6.45) is 16.9. The normalized spacial score (nSPS) is 12.4. The van der Waals surface area contributed by atoms with Gasteiger partial charge in [-0.1, -0.05) is 126 Å². The maximum Gasteiger partial charge on any atom is 0.239 e. The smallest absolute Gasteiger partial charge is 0.239 e. The van der Waals surface area contributed by atoms with Gasteiger partial charge in [-0.15, -0.1) is 0 Å². The molecule has 3 atom stereocenters. The Morgan fingerprint density at radius 2 is 1.22 bits per heavy atom. The maximum atomic E-state index is 14.0. The highest BCUT2D eigenvalue weighted by Gasteiger charge is 2.30. The predicted octanol–water partition coefficient (Wildman–Crippen LogP) is 6.17. The topological polar surface area (TPSA) is 223 Å². The Morgan fingerprint density at radius 1 is 0.650 bits per heavy atom. The van der Waals surface area contributed by atoms with Crippen molar-refractivity contribution in [1.82, 2.24) is 16.0 Å². The molecular weight excluding hydrogens is 761 g/mol. The molecule has 3 amide bonds. The van der Waals surface area contributed by atoms with Crippen LogP contribution in [0.3, 0.4) is 0 Å². The number of aromatic hydroxyl groups is 1. The van der Waals surface area contributed by atoms with Crippen LogP contribution >= 0.6 is 0 Å². The van der Waals surface area contributed by atoms with E-state index in [0.29, 0.717) is 31.4 Å². The number of hydrogen-bond donors (Lipinski definition) is 6. The summed E-state index contributed by atoms with van der Waals surface area (Å²) in [6.45, 7) is 3.36. The predicted molar refractivity (Wildman–Crippen MR) is 237 cm³/mol. The number of amides is 3. The lowest BCUT2D eigenvalue weighted by molar-refractivity contribution is -0.133. The Labute approximate surface area is 357 Å². The van der Waals surface area contributed by atoms with Crippen LogP contribution < -0.4 is 27.4 Å². The first-order valence-electron chi connectivity index (χ1n) is 22.1. The SMILES string of the molecule is CCCCCCCCCCCCCCCC(=O)NCC(=O)NCC(=O)C[C@@H](Cc1ccc(O)cc1)C(=O)N[C@@H](Cc1ccccc1)C(=O)C[C@@H](CCCN=C(N)N)C(C)=O. The molecular formula is C47H72N6O7. The van der Waals surface area contributed by atoms with Gasteiger partial charge in [-0.3, -0.25) is 33.8 Å². The van der Waals surface area contributed by atoms with Crippen LogP contribution in [0, 0.1) is 11.8 Å². The number of ketones is 3. The number of nitrogens with zero attached hydrogens (tertiary/aromatic N) is 1. The standard InChI is InChI=1S/C47H72N6O7/c1-3-4-5-6-7-8-9-10-11-12-13-14-18-23-44(58)52-34-45(59)51-33-41(56)31-39(29-37-24-26-40(55)27-25-37)46(60)53-42(30-36-20-16-15-17-21-36)43(57)32-38(35(2)54)22-19-28-50-47(48)49/h15-17,20-21,24-27,38-39,42,55H,3-14,18-19,22-23,28-34H2,1-2H3,(H,51,59)(H,52,58)(H,53,60)(H4,48,49,50)/t38-,39-,42+/m1/s1.